The molecule has 2 rings (SSSR count). The summed E-state index contributed by atoms with van der Waals surface area (Å²) in [6.07, 6.45) is 0. The van der Waals surface area contributed by atoms with Gasteiger partial charge in [0.1, 0.15) is 5.69 Å². The zero-order valence-electron chi connectivity index (χ0n) is 12.6. The molecule has 1 saturated heterocycles. The number of ether oxygens (including phenoxy) is 1. The van der Waals surface area contributed by atoms with Crippen LogP contribution in [-0.2, 0) is 14.0 Å². The minimum atomic E-state index is -0.575. The number of aromatic nitrogens is 1. The van der Waals surface area contributed by atoms with Crippen LogP contribution in [0.15, 0.2) is 18.2 Å². The van der Waals surface area contributed by atoms with Crippen LogP contribution in [0.4, 0.5) is 0 Å². The molecule has 0 radical (unpaired) electrons. The molecule has 1 aromatic rings. The minimum Gasteiger partial charge on any atom is -0.461 e. The van der Waals surface area contributed by atoms with Gasteiger partial charge >= 0.3 is 13.1 Å². The lowest BCUT2D eigenvalue weighted by atomic mass is 9.84. The first-order valence-electron chi connectivity index (χ1n) is 6.76. The van der Waals surface area contributed by atoms with E-state index in [0.29, 0.717) is 12.2 Å². The van der Waals surface area contributed by atoms with Crippen molar-refractivity contribution in [2.45, 2.75) is 45.8 Å². The first-order valence-corrected chi connectivity index (χ1v) is 6.76. The third kappa shape index (κ3) is 2.71. The van der Waals surface area contributed by atoms with E-state index < -0.39 is 24.3 Å². The van der Waals surface area contributed by atoms with Gasteiger partial charge in [0, 0.05) is 0 Å². The Kier molecular flexibility index (Phi) is 3.89. The number of hydrogen-bond acceptors (Lipinski definition) is 5. The molecule has 20 heavy (non-hydrogen) atoms. The number of esters is 1. The summed E-state index contributed by atoms with van der Waals surface area (Å²) in [5, 5.41) is 0. The van der Waals surface area contributed by atoms with Crippen LogP contribution < -0.4 is 5.59 Å². The number of pyridine rings is 1. The normalized spacial score (nSPS) is 19.9. The zero-order valence-corrected chi connectivity index (χ0v) is 12.6. The van der Waals surface area contributed by atoms with E-state index in [1.54, 1.807) is 25.1 Å². The largest absolute Gasteiger partial charge is 0.514 e. The number of carbonyl (C=O) groups is 1. The molecule has 0 spiro atoms. The van der Waals surface area contributed by atoms with Gasteiger partial charge in [-0.2, -0.15) is 0 Å². The average Bonchev–Trinajstić information content (AvgIpc) is 2.59. The first-order chi connectivity index (χ1) is 9.27. The zero-order chi connectivity index (χ0) is 15.0. The SMILES string of the molecule is CCOC(=O)c1cccc(B2OC(C)(C)C(C)(C)O2)n1. The second-order valence-electron chi connectivity index (χ2n) is 5.76. The van der Waals surface area contributed by atoms with Gasteiger partial charge in [-0.1, -0.05) is 6.07 Å². The fourth-order valence-electron chi connectivity index (χ4n) is 1.87. The summed E-state index contributed by atoms with van der Waals surface area (Å²) in [7, 11) is -0.575. The summed E-state index contributed by atoms with van der Waals surface area (Å²) in [5.41, 5.74) is -0.0216. The van der Waals surface area contributed by atoms with Crippen molar-refractivity contribution < 1.29 is 18.8 Å². The third-order valence-corrected chi connectivity index (χ3v) is 3.75. The van der Waals surface area contributed by atoms with Gasteiger partial charge in [0.05, 0.1) is 23.4 Å². The summed E-state index contributed by atoms with van der Waals surface area (Å²) in [5.74, 6) is -0.439. The Morgan fingerprint density at radius 1 is 1.25 bits per heavy atom. The van der Waals surface area contributed by atoms with Crippen LogP contribution >= 0.6 is 0 Å². The summed E-state index contributed by atoms with van der Waals surface area (Å²) >= 11 is 0. The summed E-state index contributed by atoms with van der Waals surface area (Å²) in [6, 6.07) is 5.15. The van der Waals surface area contributed by atoms with E-state index in [4.69, 9.17) is 14.0 Å². The van der Waals surface area contributed by atoms with E-state index >= 15 is 0 Å². The molecule has 5 nitrogen and oxygen atoms in total. The van der Waals surface area contributed by atoms with Crippen molar-refractivity contribution in [2.24, 2.45) is 0 Å². The molecule has 0 amide bonds. The van der Waals surface area contributed by atoms with E-state index in [0.717, 1.165) is 0 Å². The van der Waals surface area contributed by atoms with Gasteiger partial charge in [-0.05, 0) is 46.8 Å². The number of nitrogens with zero attached hydrogens (tertiary/aromatic N) is 1. The Balaban J connectivity index is 2.23. The van der Waals surface area contributed by atoms with Crippen molar-refractivity contribution in [2.75, 3.05) is 6.61 Å². The first kappa shape index (κ1) is 15.0. The van der Waals surface area contributed by atoms with Gasteiger partial charge in [-0.3, -0.25) is 0 Å². The lowest BCUT2D eigenvalue weighted by molar-refractivity contribution is 0.00578. The molecule has 1 fully saturated rings. The number of rotatable bonds is 3. The van der Waals surface area contributed by atoms with Crippen LogP contribution in [-0.4, -0.2) is 35.9 Å². The predicted molar refractivity (Wildman–Crippen MR) is 75.9 cm³/mol. The van der Waals surface area contributed by atoms with Crippen molar-refractivity contribution in [3.63, 3.8) is 0 Å². The highest BCUT2D eigenvalue weighted by Gasteiger charge is 2.52. The maximum absolute atomic E-state index is 11.7. The molecular formula is C14H20BNO4. The Morgan fingerprint density at radius 3 is 2.40 bits per heavy atom. The van der Waals surface area contributed by atoms with Crippen molar-refractivity contribution in [1.82, 2.24) is 4.98 Å². The molecule has 0 unspecified atom stereocenters. The minimum absolute atomic E-state index is 0.263. The molecule has 0 saturated carbocycles. The lowest BCUT2D eigenvalue weighted by Gasteiger charge is -2.32. The van der Waals surface area contributed by atoms with Crippen molar-refractivity contribution in [3.8, 4) is 0 Å². The van der Waals surface area contributed by atoms with Gasteiger partial charge < -0.3 is 14.0 Å². The maximum atomic E-state index is 11.7. The molecule has 2 heterocycles. The van der Waals surface area contributed by atoms with Crippen LogP contribution in [0.25, 0.3) is 0 Å². The highest BCUT2D eigenvalue weighted by atomic mass is 16.7. The van der Waals surface area contributed by atoms with Crippen LogP contribution in [0.2, 0.25) is 0 Å². The van der Waals surface area contributed by atoms with Crippen LogP contribution in [0.5, 0.6) is 0 Å². The third-order valence-electron chi connectivity index (χ3n) is 3.75. The van der Waals surface area contributed by atoms with Crippen LogP contribution in [0.1, 0.15) is 45.1 Å². The number of carbonyl (C=O) groups excluding carboxylic acids is 1. The molecule has 1 aromatic heterocycles. The quantitative estimate of drug-likeness (QED) is 0.620. The van der Waals surface area contributed by atoms with E-state index in [2.05, 4.69) is 4.98 Å². The Morgan fingerprint density at radius 2 is 1.85 bits per heavy atom. The molecule has 6 heteroatoms. The molecule has 0 aliphatic carbocycles. The summed E-state index contributed by atoms with van der Waals surface area (Å²) in [4.78, 5) is 16.0. The van der Waals surface area contributed by atoms with Gasteiger partial charge in [-0.15, -0.1) is 0 Å². The summed E-state index contributed by atoms with van der Waals surface area (Å²) < 4.78 is 16.8. The van der Waals surface area contributed by atoms with Crippen molar-refractivity contribution in [1.29, 1.82) is 0 Å². The second kappa shape index (κ2) is 5.18. The van der Waals surface area contributed by atoms with Gasteiger partial charge in [-0.25, -0.2) is 9.78 Å². The van der Waals surface area contributed by atoms with Crippen LogP contribution in [0.3, 0.4) is 0 Å². The molecule has 0 N–H and O–H groups in total. The molecule has 0 bridgehead atoms. The highest BCUT2D eigenvalue weighted by Crippen LogP contribution is 2.36. The fraction of sp³-hybridized carbons (Fsp3) is 0.571. The maximum Gasteiger partial charge on any atom is 0.514 e. The molecule has 1 aliphatic rings. The number of hydrogen-bond donors (Lipinski definition) is 0. The monoisotopic (exact) mass is 277 g/mol. The molecule has 1 aliphatic heterocycles. The summed E-state index contributed by atoms with van der Waals surface area (Å²) in [6.45, 7) is 9.98. The van der Waals surface area contributed by atoms with E-state index in [9.17, 15) is 4.79 Å². The van der Waals surface area contributed by atoms with Gasteiger partial charge in [0.15, 0.2) is 0 Å². The Bertz CT molecular complexity index is 500. The standard InChI is InChI=1S/C14H20BNO4/c1-6-18-12(17)10-8-7-9-11(16-10)15-19-13(2,3)14(4,5)20-15/h7-9H,6H2,1-5H3. The second-order valence-corrected chi connectivity index (χ2v) is 5.76. The van der Waals surface area contributed by atoms with E-state index in [-0.39, 0.29) is 5.69 Å². The van der Waals surface area contributed by atoms with Crippen molar-refractivity contribution in [3.05, 3.63) is 23.9 Å². The average molecular weight is 277 g/mol. The molecular weight excluding hydrogens is 257 g/mol. The Hall–Kier alpha value is -1.40. The topological polar surface area (TPSA) is 57.7 Å². The fourth-order valence-corrected chi connectivity index (χ4v) is 1.87. The molecule has 0 atom stereocenters. The van der Waals surface area contributed by atoms with Crippen LogP contribution in [0, 0.1) is 0 Å². The van der Waals surface area contributed by atoms with Gasteiger partial charge in [0.25, 0.3) is 0 Å². The molecule has 108 valence electrons. The van der Waals surface area contributed by atoms with E-state index in [1.807, 2.05) is 27.7 Å². The van der Waals surface area contributed by atoms with Crippen molar-refractivity contribution >= 4 is 18.7 Å². The predicted octanol–water partition coefficient (Wildman–Crippen LogP) is 1.56. The van der Waals surface area contributed by atoms with Gasteiger partial charge in [0.2, 0.25) is 0 Å². The van der Waals surface area contributed by atoms with E-state index in [1.165, 1.54) is 0 Å². The lowest BCUT2D eigenvalue weighted by Crippen LogP contribution is -2.41. The highest BCUT2D eigenvalue weighted by molar-refractivity contribution is 6.61. The Labute approximate surface area is 119 Å². The molecule has 0 aromatic carbocycles. The smallest absolute Gasteiger partial charge is 0.461 e.